The summed E-state index contributed by atoms with van der Waals surface area (Å²) in [5.74, 6) is 1.11. The van der Waals surface area contributed by atoms with Crippen LogP contribution in [0.1, 0.15) is 39.5 Å². The molecule has 1 unspecified atom stereocenters. The Morgan fingerprint density at radius 3 is 1.72 bits per heavy atom. The van der Waals surface area contributed by atoms with E-state index in [1.807, 2.05) is 0 Å². The quantitative estimate of drug-likeness (QED) is 0.168. The van der Waals surface area contributed by atoms with Crippen molar-refractivity contribution in [3.05, 3.63) is 252 Å². The molecule has 1 aliphatic heterocycles. The Hall–Kier alpha value is -7.49. The normalized spacial score (nSPS) is 15.3. The van der Waals surface area contributed by atoms with Crippen molar-refractivity contribution in [3.8, 4) is 16.8 Å². The summed E-state index contributed by atoms with van der Waals surface area (Å²) in [6.45, 7) is 0. The lowest BCUT2D eigenvalue weighted by Gasteiger charge is -2.35. The van der Waals surface area contributed by atoms with Crippen LogP contribution < -0.4 is 5.32 Å². The Kier molecular flexibility index (Phi) is 7.21. The molecule has 0 radical (unpaired) electrons. The van der Waals surface area contributed by atoms with Gasteiger partial charge in [0.05, 0.1) is 22.0 Å². The molecule has 0 saturated heterocycles. The van der Waals surface area contributed by atoms with Gasteiger partial charge >= 0.3 is 0 Å². The third-order valence-corrected chi connectivity index (χ3v) is 12.5. The van der Waals surface area contributed by atoms with Crippen molar-refractivity contribution < 1.29 is 4.58 Å². The molecule has 0 amide bonds. The molecule has 0 bridgehead atoms. The first-order valence-corrected chi connectivity index (χ1v) is 20.1. The summed E-state index contributed by atoms with van der Waals surface area (Å²) in [6, 6.07) is 80.1. The van der Waals surface area contributed by atoms with Crippen LogP contribution in [0.4, 0.5) is 5.69 Å². The minimum Gasteiger partial charge on any atom is -0.309 e. The molecule has 9 aromatic carbocycles. The standard InChI is InChI=1S/C55H37N3/c1-5-19-37(20-6-1)53-56-54(38-21-7-2-8-22-38)58(53)42-35-33-41(34-36-42)57-48-32-18-16-30-46(48)50-44-28-14-13-27-43(44)49-45-29-15-17-31-47(45)55(51(49)52(50)57,39-23-9-3-10-24-39)40-25-11-4-12-26-40/h1-36,53H/p+1. The molecule has 0 spiro atoms. The van der Waals surface area contributed by atoms with Crippen molar-refractivity contribution in [2.75, 3.05) is 0 Å². The molecule has 2 aliphatic rings. The Balaban J connectivity index is 1.19. The van der Waals surface area contributed by atoms with Crippen molar-refractivity contribution in [3.63, 3.8) is 0 Å². The molecule has 2 heterocycles. The van der Waals surface area contributed by atoms with Gasteiger partial charge < -0.3 is 4.57 Å². The number of benzene rings is 9. The van der Waals surface area contributed by atoms with Crippen LogP contribution in [0.2, 0.25) is 0 Å². The first kappa shape index (κ1) is 32.7. The highest BCUT2D eigenvalue weighted by atomic mass is 15.3. The van der Waals surface area contributed by atoms with Crippen LogP contribution in [0, 0.1) is 0 Å². The molecule has 272 valence electrons. The number of hydrogen-bond donors (Lipinski definition) is 1. The average Bonchev–Trinajstić information content (AvgIpc) is 3.80. The highest BCUT2D eigenvalue weighted by molar-refractivity contribution is 6.27. The second-order valence-corrected chi connectivity index (χ2v) is 15.5. The summed E-state index contributed by atoms with van der Waals surface area (Å²) in [5, 5.41) is 8.88. The van der Waals surface area contributed by atoms with E-state index in [-0.39, 0.29) is 6.17 Å². The maximum absolute atomic E-state index is 3.78. The van der Waals surface area contributed by atoms with Crippen LogP contribution in [-0.2, 0) is 5.41 Å². The van der Waals surface area contributed by atoms with Crippen molar-refractivity contribution in [1.29, 1.82) is 0 Å². The van der Waals surface area contributed by atoms with Gasteiger partial charge in [0.25, 0.3) is 12.0 Å². The number of nitrogens with zero attached hydrogens (tertiary/aromatic N) is 2. The van der Waals surface area contributed by atoms with E-state index >= 15 is 0 Å². The van der Waals surface area contributed by atoms with E-state index in [2.05, 4.69) is 233 Å². The number of nitrogens with one attached hydrogen (secondary N) is 1. The Morgan fingerprint density at radius 2 is 1.03 bits per heavy atom. The average molecular weight is 741 g/mol. The Morgan fingerprint density at radius 1 is 0.483 bits per heavy atom. The molecular weight excluding hydrogens is 703 g/mol. The molecule has 12 rings (SSSR count). The molecule has 3 heteroatoms. The third-order valence-electron chi connectivity index (χ3n) is 12.5. The van der Waals surface area contributed by atoms with Gasteiger partial charge in [0, 0.05) is 27.6 Å². The largest absolute Gasteiger partial charge is 0.309 e. The summed E-state index contributed by atoms with van der Waals surface area (Å²) >= 11 is 0. The highest BCUT2D eigenvalue weighted by Crippen LogP contribution is 2.61. The zero-order valence-electron chi connectivity index (χ0n) is 31.8. The van der Waals surface area contributed by atoms with Crippen LogP contribution in [-0.4, -0.2) is 15.0 Å². The topological polar surface area (TPSA) is 20.0 Å². The van der Waals surface area contributed by atoms with Crippen molar-refractivity contribution in [1.82, 2.24) is 9.88 Å². The van der Waals surface area contributed by atoms with E-state index in [1.54, 1.807) is 0 Å². The second-order valence-electron chi connectivity index (χ2n) is 15.5. The zero-order valence-corrected chi connectivity index (χ0v) is 31.8. The van der Waals surface area contributed by atoms with E-state index in [1.165, 1.54) is 77.1 Å². The zero-order chi connectivity index (χ0) is 38.2. The Labute approximate surface area is 337 Å². The van der Waals surface area contributed by atoms with Crippen LogP contribution >= 0.6 is 0 Å². The molecule has 1 N–H and O–H groups in total. The highest BCUT2D eigenvalue weighted by Gasteiger charge is 2.49. The summed E-state index contributed by atoms with van der Waals surface area (Å²) in [4.78, 5) is 0. The van der Waals surface area contributed by atoms with Crippen molar-refractivity contribution in [2.45, 2.75) is 11.6 Å². The van der Waals surface area contributed by atoms with Crippen LogP contribution in [0.25, 0.3) is 49.4 Å². The van der Waals surface area contributed by atoms with E-state index in [9.17, 15) is 0 Å². The van der Waals surface area contributed by atoms with Gasteiger partial charge in [-0.3, -0.25) is 0 Å². The number of aromatic nitrogens is 1. The van der Waals surface area contributed by atoms with Crippen molar-refractivity contribution >= 4 is 44.1 Å². The SMILES string of the molecule is c1ccc(C2=[N+](c3ccc(-n4c5ccccc5c5c6ccccc6c6c(c54)C(c4ccccc4)(c4ccccc4)c4ccccc4-6)cc3)C(c3ccccc3)N2)cc1. The fraction of sp³-hybridized carbons (Fsp3) is 0.0364. The maximum Gasteiger partial charge on any atom is 0.289 e. The second kappa shape index (κ2) is 12.8. The number of rotatable bonds is 6. The van der Waals surface area contributed by atoms with E-state index < -0.39 is 5.41 Å². The van der Waals surface area contributed by atoms with Crippen LogP contribution in [0.3, 0.4) is 0 Å². The molecule has 1 aliphatic carbocycles. The molecule has 58 heavy (non-hydrogen) atoms. The first-order chi connectivity index (χ1) is 28.8. The molecular formula is C55H38N3+. The molecule has 3 nitrogen and oxygen atoms in total. The predicted octanol–water partition coefficient (Wildman–Crippen LogP) is 12.7. The predicted molar refractivity (Wildman–Crippen MR) is 238 cm³/mol. The van der Waals surface area contributed by atoms with Gasteiger partial charge in [0.15, 0.2) is 0 Å². The minimum atomic E-state index is -0.575. The molecule has 0 fully saturated rings. The van der Waals surface area contributed by atoms with Crippen LogP contribution in [0.5, 0.6) is 0 Å². The van der Waals surface area contributed by atoms with Gasteiger partial charge in [-0.25, -0.2) is 5.32 Å². The summed E-state index contributed by atoms with van der Waals surface area (Å²) in [6.07, 6.45) is 0.0287. The minimum absolute atomic E-state index is 0.0287. The van der Waals surface area contributed by atoms with Gasteiger partial charge in [-0.2, -0.15) is 4.58 Å². The van der Waals surface area contributed by atoms with Gasteiger partial charge in [-0.15, -0.1) is 0 Å². The number of fused-ring (bicyclic) bond motifs is 10. The van der Waals surface area contributed by atoms with E-state index in [0.29, 0.717) is 0 Å². The number of para-hydroxylation sites is 1. The van der Waals surface area contributed by atoms with Crippen LogP contribution in [0.15, 0.2) is 218 Å². The van der Waals surface area contributed by atoms with E-state index in [0.717, 1.165) is 17.2 Å². The fourth-order valence-electron chi connectivity index (χ4n) is 10.2. The Bertz CT molecular complexity index is 3180. The number of hydrogen-bond acceptors (Lipinski definition) is 1. The summed E-state index contributed by atoms with van der Waals surface area (Å²) < 4.78 is 4.98. The van der Waals surface area contributed by atoms with Gasteiger partial charge in [-0.1, -0.05) is 176 Å². The number of amidine groups is 1. The van der Waals surface area contributed by atoms with Gasteiger partial charge in [0.1, 0.15) is 5.69 Å². The summed E-state index contributed by atoms with van der Waals surface area (Å²) in [7, 11) is 0. The van der Waals surface area contributed by atoms with Gasteiger partial charge in [-0.05, 0) is 81.1 Å². The fourth-order valence-corrected chi connectivity index (χ4v) is 10.2. The summed E-state index contributed by atoms with van der Waals surface area (Å²) in [5.41, 5.74) is 14.3. The van der Waals surface area contributed by atoms with Gasteiger partial charge in [0.2, 0.25) is 0 Å². The van der Waals surface area contributed by atoms with E-state index in [4.69, 9.17) is 0 Å². The third kappa shape index (κ3) is 4.53. The lowest BCUT2D eigenvalue weighted by Crippen LogP contribution is -2.51. The molecule has 1 aromatic heterocycles. The smallest absolute Gasteiger partial charge is 0.289 e. The maximum atomic E-state index is 3.78. The van der Waals surface area contributed by atoms with Crippen molar-refractivity contribution in [2.24, 2.45) is 0 Å². The lowest BCUT2D eigenvalue weighted by atomic mass is 9.67. The molecule has 10 aromatic rings. The monoisotopic (exact) mass is 740 g/mol. The first-order valence-electron chi connectivity index (χ1n) is 20.1. The molecule has 0 saturated carbocycles. The molecule has 1 atom stereocenters. The lowest BCUT2D eigenvalue weighted by molar-refractivity contribution is -0.531.